The van der Waals surface area contributed by atoms with Gasteiger partial charge in [-0.25, -0.2) is 18.4 Å². The standard InChI is InChI=1S/C17H17ClN2O7S/c1-25-13-6-4-11(8-12(13)18)20-16(21)9-27-17(22)10-3-5-14(26-2)15(7-10)28(19,23)24/h3-8H,9H2,1-2H3,(H,20,21)(H2,19,23,24). The Labute approximate surface area is 166 Å². The summed E-state index contributed by atoms with van der Waals surface area (Å²) in [5, 5.41) is 7.90. The van der Waals surface area contributed by atoms with Crippen molar-refractivity contribution in [3.8, 4) is 11.5 Å². The number of halogens is 1. The predicted molar refractivity (Wildman–Crippen MR) is 101 cm³/mol. The lowest BCUT2D eigenvalue weighted by atomic mass is 10.2. The van der Waals surface area contributed by atoms with Gasteiger partial charge in [0.15, 0.2) is 6.61 Å². The second-order valence-electron chi connectivity index (χ2n) is 5.38. The third-order valence-corrected chi connectivity index (χ3v) is 4.70. The first-order chi connectivity index (χ1) is 13.2. The number of primary sulfonamides is 1. The predicted octanol–water partition coefficient (Wildman–Crippen LogP) is 1.80. The van der Waals surface area contributed by atoms with Crippen molar-refractivity contribution >= 4 is 39.2 Å². The van der Waals surface area contributed by atoms with Gasteiger partial charge < -0.3 is 19.5 Å². The maximum absolute atomic E-state index is 12.1. The van der Waals surface area contributed by atoms with E-state index in [4.69, 9.17) is 31.0 Å². The molecular formula is C17H17ClN2O7S. The molecule has 2 rings (SSSR count). The van der Waals surface area contributed by atoms with E-state index in [0.29, 0.717) is 16.5 Å². The summed E-state index contributed by atoms with van der Waals surface area (Å²) in [4.78, 5) is 23.7. The van der Waals surface area contributed by atoms with Crippen LogP contribution >= 0.6 is 11.6 Å². The van der Waals surface area contributed by atoms with E-state index in [0.717, 1.165) is 6.07 Å². The van der Waals surface area contributed by atoms with E-state index in [-0.39, 0.29) is 16.2 Å². The Morgan fingerprint density at radius 2 is 1.71 bits per heavy atom. The van der Waals surface area contributed by atoms with Gasteiger partial charge in [0.05, 0.1) is 24.8 Å². The van der Waals surface area contributed by atoms with Gasteiger partial charge in [-0.1, -0.05) is 11.6 Å². The average molecular weight is 429 g/mol. The molecule has 0 saturated heterocycles. The van der Waals surface area contributed by atoms with Crippen LogP contribution in [-0.4, -0.2) is 41.1 Å². The molecule has 28 heavy (non-hydrogen) atoms. The zero-order chi connectivity index (χ0) is 20.9. The summed E-state index contributed by atoms with van der Waals surface area (Å²) in [6, 6.07) is 8.16. The summed E-state index contributed by atoms with van der Waals surface area (Å²) in [5.41, 5.74) is 0.276. The number of ether oxygens (including phenoxy) is 3. The number of nitrogens with two attached hydrogens (primary N) is 1. The van der Waals surface area contributed by atoms with Crippen molar-refractivity contribution < 1.29 is 32.2 Å². The lowest BCUT2D eigenvalue weighted by molar-refractivity contribution is -0.119. The van der Waals surface area contributed by atoms with E-state index in [1.807, 2.05) is 0 Å². The van der Waals surface area contributed by atoms with Gasteiger partial charge in [0, 0.05) is 5.69 Å². The number of rotatable bonds is 7. The van der Waals surface area contributed by atoms with Gasteiger partial charge in [-0.3, -0.25) is 4.79 Å². The summed E-state index contributed by atoms with van der Waals surface area (Å²) in [6.07, 6.45) is 0. The van der Waals surface area contributed by atoms with E-state index >= 15 is 0 Å². The van der Waals surface area contributed by atoms with Crippen LogP contribution in [0.2, 0.25) is 5.02 Å². The van der Waals surface area contributed by atoms with Crippen LogP contribution in [0.15, 0.2) is 41.3 Å². The second-order valence-corrected chi connectivity index (χ2v) is 7.32. The van der Waals surface area contributed by atoms with Crippen LogP contribution in [0.5, 0.6) is 11.5 Å². The fourth-order valence-electron chi connectivity index (χ4n) is 2.18. The molecule has 0 radical (unpaired) electrons. The summed E-state index contributed by atoms with van der Waals surface area (Å²) >= 11 is 5.97. The number of esters is 1. The molecule has 0 heterocycles. The molecule has 0 aromatic heterocycles. The molecule has 0 unspecified atom stereocenters. The maximum atomic E-state index is 12.1. The fourth-order valence-corrected chi connectivity index (χ4v) is 3.16. The topological polar surface area (TPSA) is 134 Å². The van der Waals surface area contributed by atoms with Crippen molar-refractivity contribution in [1.29, 1.82) is 0 Å². The van der Waals surface area contributed by atoms with Crippen LogP contribution in [0.3, 0.4) is 0 Å². The first-order valence-corrected chi connectivity index (χ1v) is 9.59. The number of methoxy groups -OCH3 is 2. The van der Waals surface area contributed by atoms with Gasteiger partial charge in [0.2, 0.25) is 10.0 Å². The largest absolute Gasteiger partial charge is 0.495 e. The lowest BCUT2D eigenvalue weighted by Crippen LogP contribution is -2.21. The number of hydrogen-bond donors (Lipinski definition) is 2. The number of nitrogens with one attached hydrogen (secondary N) is 1. The molecule has 0 fully saturated rings. The Morgan fingerprint density at radius 1 is 1.07 bits per heavy atom. The summed E-state index contributed by atoms with van der Waals surface area (Å²) in [6.45, 7) is -0.598. The van der Waals surface area contributed by atoms with E-state index in [1.165, 1.54) is 32.4 Å². The summed E-state index contributed by atoms with van der Waals surface area (Å²) in [5.74, 6) is -1.10. The number of amides is 1. The fraction of sp³-hybridized carbons (Fsp3) is 0.176. The normalized spacial score (nSPS) is 10.9. The number of benzene rings is 2. The summed E-state index contributed by atoms with van der Waals surface area (Å²) < 4.78 is 38.0. The molecule has 150 valence electrons. The Morgan fingerprint density at radius 3 is 2.29 bits per heavy atom. The average Bonchev–Trinajstić information content (AvgIpc) is 2.65. The van der Waals surface area contributed by atoms with E-state index < -0.39 is 28.5 Å². The minimum absolute atomic E-state index is 0.0202. The molecule has 0 aliphatic rings. The van der Waals surface area contributed by atoms with Crippen molar-refractivity contribution in [2.24, 2.45) is 5.14 Å². The third kappa shape index (κ3) is 5.35. The van der Waals surface area contributed by atoms with Gasteiger partial charge in [-0.05, 0) is 36.4 Å². The molecule has 2 aromatic carbocycles. The minimum Gasteiger partial charge on any atom is -0.495 e. The smallest absolute Gasteiger partial charge is 0.338 e. The molecule has 0 saturated carbocycles. The van der Waals surface area contributed by atoms with Crippen molar-refractivity contribution in [2.75, 3.05) is 26.1 Å². The molecule has 0 aliphatic carbocycles. The quantitative estimate of drug-likeness (QED) is 0.642. The molecular weight excluding hydrogens is 412 g/mol. The zero-order valence-electron chi connectivity index (χ0n) is 14.9. The van der Waals surface area contributed by atoms with Gasteiger partial charge in [-0.15, -0.1) is 0 Å². The zero-order valence-corrected chi connectivity index (χ0v) is 16.5. The first kappa shape index (κ1) is 21.5. The highest BCUT2D eigenvalue weighted by atomic mass is 35.5. The number of hydrogen-bond acceptors (Lipinski definition) is 7. The van der Waals surface area contributed by atoms with Gasteiger partial charge >= 0.3 is 5.97 Å². The third-order valence-electron chi connectivity index (χ3n) is 3.48. The highest BCUT2D eigenvalue weighted by Crippen LogP contribution is 2.27. The Kier molecular flexibility index (Phi) is 6.84. The molecule has 0 atom stereocenters. The Bertz CT molecular complexity index is 1010. The van der Waals surface area contributed by atoms with Crippen LogP contribution < -0.4 is 19.9 Å². The van der Waals surface area contributed by atoms with Gasteiger partial charge in [-0.2, -0.15) is 0 Å². The van der Waals surface area contributed by atoms with Gasteiger partial charge in [0.1, 0.15) is 16.4 Å². The highest BCUT2D eigenvalue weighted by molar-refractivity contribution is 7.89. The SMILES string of the molecule is COc1ccc(NC(=O)COC(=O)c2ccc(OC)c(S(N)(=O)=O)c2)cc1Cl. The van der Waals surface area contributed by atoms with Crippen LogP contribution in [0.25, 0.3) is 0 Å². The molecule has 3 N–H and O–H groups in total. The van der Waals surface area contributed by atoms with E-state index in [2.05, 4.69) is 5.32 Å². The first-order valence-electron chi connectivity index (χ1n) is 7.67. The number of anilines is 1. The number of sulfonamides is 1. The van der Waals surface area contributed by atoms with E-state index in [1.54, 1.807) is 12.1 Å². The van der Waals surface area contributed by atoms with Crippen molar-refractivity contribution in [3.63, 3.8) is 0 Å². The van der Waals surface area contributed by atoms with Crippen LogP contribution in [0.1, 0.15) is 10.4 Å². The second kappa shape index (κ2) is 8.91. The molecule has 9 nitrogen and oxygen atoms in total. The number of carbonyl (C=O) groups excluding carboxylic acids is 2. The lowest BCUT2D eigenvalue weighted by Gasteiger charge is -2.10. The van der Waals surface area contributed by atoms with Crippen molar-refractivity contribution in [2.45, 2.75) is 4.90 Å². The maximum Gasteiger partial charge on any atom is 0.338 e. The van der Waals surface area contributed by atoms with Crippen LogP contribution in [0.4, 0.5) is 5.69 Å². The molecule has 2 aromatic rings. The Hall–Kier alpha value is -2.82. The molecule has 0 aliphatic heterocycles. The monoisotopic (exact) mass is 428 g/mol. The van der Waals surface area contributed by atoms with Gasteiger partial charge in [0.25, 0.3) is 5.91 Å². The molecule has 0 bridgehead atoms. The van der Waals surface area contributed by atoms with Crippen molar-refractivity contribution in [3.05, 3.63) is 47.0 Å². The molecule has 1 amide bonds. The minimum atomic E-state index is -4.12. The summed E-state index contributed by atoms with van der Waals surface area (Å²) in [7, 11) is -1.40. The van der Waals surface area contributed by atoms with Crippen LogP contribution in [-0.2, 0) is 19.6 Å². The molecule has 11 heteroatoms. The Balaban J connectivity index is 2.03. The highest BCUT2D eigenvalue weighted by Gasteiger charge is 2.19. The van der Waals surface area contributed by atoms with Crippen molar-refractivity contribution in [1.82, 2.24) is 0 Å². The molecule has 0 spiro atoms. The van der Waals surface area contributed by atoms with E-state index in [9.17, 15) is 18.0 Å². The number of carbonyl (C=O) groups is 2. The van der Waals surface area contributed by atoms with Crippen LogP contribution in [0, 0.1) is 0 Å².